The van der Waals surface area contributed by atoms with Crippen LogP contribution in [0.2, 0.25) is 0 Å². The highest BCUT2D eigenvalue weighted by Crippen LogP contribution is 2.45. The largest absolute Gasteiger partial charge is 0.494 e. The van der Waals surface area contributed by atoms with Gasteiger partial charge in [0.2, 0.25) is 0 Å². The Balaban J connectivity index is 1.57. The Morgan fingerprint density at radius 3 is 2.85 bits per heavy atom. The summed E-state index contributed by atoms with van der Waals surface area (Å²) in [4.78, 5) is 16.8. The molecule has 2 unspecified atom stereocenters. The van der Waals surface area contributed by atoms with Crippen molar-refractivity contribution in [2.75, 3.05) is 33.3 Å². The molecule has 3 aliphatic heterocycles. The lowest BCUT2D eigenvalue weighted by Gasteiger charge is -2.37. The third-order valence-corrected chi connectivity index (χ3v) is 6.30. The van der Waals surface area contributed by atoms with E-state index in [-0.39, 0.29) is 17.4 Å². The molecule has 3 aliphatic rings. The molecule has 1 saturated heterocycles. The summed E-state index contributed by atoms with van der Waals surface area (Å²) in [5.74, 6) is -0.260. The fraction of sp³-hybridized carbons (Fsp3) is 0.316. The van der Waals surface area contributed by atoms with Gasteiger partial charge in [-0.05, 0) is 29.1 Å². The number of piperazine rings is 1. The molecule has 136 valence electrons. The Morgan fingerprint density at radius 2 is 2.12 bits per heavy atom. The van der Waals surface area contributed by atoms with Crippen molar-refractivity contribution in [2.45, 2.75) is 5.78 Å². The number of hydrogen-bond acceptors (Lipinski definition) is 4. The smallest absolute Gasteiger partial charge is 0.252 e. The van der Waals surface area contributed by atoms with Crippen LogP contribution in [0.25, 0.3) is 5.31 Å². The zero-order valence-electron chi connectivity index (χ0n) is 14.5. The fourth-order valence-corrected chi connectivity index (χ4v) is 4.76. The Hall–Kier alpha value is -2.17. The van der Waals surface area contributed by atoms with Gasteiger partial charge in [0, 0.05) is 38.5 Å². The molecule has 1 N–H and O–H groups in total. The monoisotopic (exact) mass is 373 g/mol. The first kappa shape index (κ1) is 17.3. The van der Waals surface area contributed by atoms with Gasteiger partial charge in [0.05, 0.1) is 18.6 Å². The summed E-state index contributed by atoms with van der Waals surface area (Å²) in [6.07, 6.45) is 7.76. The zero-order valence-corrected chi connectivity index (χ0v) is 15.5. The lowest BCUT2D eigenvalue weighted by molar-refractivity contribution is -0.123. The van der Waals surface area contributed by atoms with Crippen molar-refractivity contribution in [3.05, 3.63) is 59.7 Å². The van der Waals surface area contributed by atoms with Crippen LogP contribution >= 0.6 is 8.58 Å². The lowest BCUT2D eigenvalue weighted by atomic mass is 10.1. The molecule has 0 aliphatic carbocycles. The number of benzene rings is 1. The summed E-state index contributed by atoms with van der Waals surface area (Å²) in [7, 11) is 1.82. The van der Waals surface area contributed by atoms with Gasteiger partial charge in [-0.1, -0.05) is 20.7 Å². The molecule has 1 aromatic rings. The van der Waals surface area contributed by atoms with Crippen LogP contribution < -0.4 is 10.1 Å². The van der Waals surface area contributed by atoms with Gasteiger partial charge in [-0.2, -0.15) is 0 Å². The molecule has 1 aromatic carbocycles. The predicted octanol–water partition coefficient (Wildman–Crippen LogP) is 2.34. The third kappa shape index (κ3) is 3.27. The second kappa shape index (κ2) is 7.22. The first-order valence-electron chi connectivity index (χ1n) is 8.66. The van der Waals surface area contributed by atoms with Crippen molar-refractivity contribution in [1.82, 2.24) is 15.1 Å². The van der Waals surface area contributed by atoms with Gasteiger partial charge in [-0.15, -0.1) is 0 Å². The van der Waals surface area contributed by atoms with Gasteiger partial charge in [0.15, 0.2) is 11.6 Å². The van der Waals surface area contributed by atoms with Gasteiger partial charge in [0.1, 0.15) is 0 Å². The maximum absolute atomic E-state index is 14.0. The summed E-state index contributed by atoms with van der Waals surface area (Å²) in [6.45, 7) is 3.80. The summed E-state index contributed by atoms with van der Waals surface area (Å²) < 4.78 is 19.0. The second-order valence-electron chi connectivity index (χ2n) is 6.39. The number of carbonyl (C=O) groups excluding carboxylic acids is 1. The normalized spacial score (nSPS) is 23.6. The number of methoxy groups -OCH3 is 1. The quantitative estimate of drug-likeness (QED) is 0.827. The average molecular weight is 373 g/mol. The van der Waals surface area contributed by atoms with Crippen molar-refractivity contribution in [1.29, 1.82) is 0 Å². The van der Waals surface area contributed by atoms with Gasteiger partial charge in [-0.3, -0.25) is 4.79 Å². The molecule has 5 nitrogen and oxygen atoms in total. The van der Waals surface area contributed by atoms with Crippen molar-refractivity contribution in [2.24, 2.45) is 0 Å². The van der Waals surface area contributed by atoms with E-state index in [1.54, 1.807) is 23.1 Å². The Kier molecular flexibility index (Phi) is 4.79. The third-order valence-electron chi connectivity index (χ3n) is 4.79. The van der Waals surface area contributed by atoms with E-state index in [0.717, 1.165) is 42.8 Å². The second-order valence-corrected chi connectivity index (χ2v) is 7.81. The molecule has 0 aromatic heterocycles. The molecule has 3 heterocycles. The van der Waals surface area contributed by atoms with E-state index in [0.29, 0.717) is 8.58 Å². The van der Waals surface area contributed by atoms with Crippen molar-refractivity contribution >= 4 is 19.8 Å². The number of rotatable bonds is 3. The number of halogens is 1. The van der Waals surface area contributed by atoms with E-state index in [9.17, 15) is 9.18 Å². The molecule has 1 amide bonds. The molecular weight excluding hydrogens is 352 g/mol. The molecule has 26 heavy (non-hydrogen) atoms. The number of amides is 1. The van der Waals surface area contributed by atoms with Crippen molar-refractivity contribution in [3.8, 4) is 5.75 Å². The Morgan fingerprint density at radius 1 is 1.31 bits per heavy atom. The molecule has 0 spiro atoms. The first-order chi connectivity index (χ1) is 12.7. The van der Waals surface area contributed by atoms with Crippen LogP contribution in [0, 0.1) is 5.82 Å². The number of ether oxygens (including phenoxy) is 1. The predicted molar refractivity (Wildman–Crippen MR) is 102 cm³/mol. The summed E-state index contributed by atoms with van der Waals surface area (Å²) in [5.41, 5.74) is 1.81. The molecule has 4 rings (SSSR count). The SMILES string of the molecule is COc1ccc(C2=CC(=O)N3C=C(N4CCNCC4)C=CC3P2)cc1F. The minimum atomic E-state index is -0.411. The van der Waals surface area contributed by atoms with Gasteiger partial charge in [0.25, 0.3) is 5.91 Å². The van der Waals surface area contributed by atoms with E-state index >= 15 is 0 Å². The van der Waals surface area contributed by atoms with Crippen LogP contribution in [-0.2, 0) is 4.79 Å². The van der Waals surface area contributed by atoms with Crippen LogP contribution in [0.1, 0.15) is 5.56 Å². The maximum Gasteiger partial charge on any atom is 0.252 e. The molecule has 2 atom stereocenters. The van der Waals surface area contributed by atoms with E-state index in [1.807, 2.05) is 6.20 Å². The number of allylic oxidation sites excluding steroid dienone is 1. The summed E-state index contributed by atoms with van der Waals surface area (Å²) in [6, 6.07) is 4.85. The Bertz CT molecular complexity index is 815. The van der Waals surface area contributed by atoms with Crippen LogP contribution in [0.15, 0.2) is 48.3 Å². The zero-order chi connectivity index (χ0) is 18.1. The van der Waals surface area contributed by atoms with E-state index < -0.39 is 5.82 Å². The minimum Gasteiger partial charge on any atom is -0.494 e. The number of fused-ring (bicyclic) bond motifs is 1. The van der Waals surface area contributed by atoms with E-state index in [2.05, 4.69) is 22.4 Å². The lowest BCUT2D eigenvalue weighted by Crippen LogP contribution is -2.44. The number of carbonyl (C=O) groups is 1. The first-order valence-corrected chi connectivity index (χ1v) is 9.73. The van der Waals surface area contributed by atoms with E-state index in [1.165, 1.54) is 13.2 Å². The average Bonchev–Trinajstić information content (AvgIpc) is 2.68. The Labute approximate surface area is 154 Å². The standard InChI is InChI=1S/C19H21FN3O2P/c1-25-16-4-2-13(10-15(16)20)17-11-18(24)23-12-14(3-5-19(23)26-17)22-8-6-21-7-9-22/h2-5,10-12,19,21,26H,6-9H2,1H3. The van der Waals surface area contributed by atoms with E-state index in [4.69, 9.17) is 4.74 Å². The molecular formula is C19H21FN3O2P. The molecule has 1 fully saturated rings. The molecule has 0 saturated carbocycles. The number of nitrogens with zero attached hydrogens (tertiary/aromatic N) is 2. The molecule has 0 radical (unpaired) electrons. The fourth-order valence-electron chi connectivity index (χ4n) is 3.38. The topological polar surface area (TPSA) is 44.8 Å². The summed E-state index contributed by atoms with van der Waals surface area (Å²) in [5, 5.41) is 4.21. The van der Waals surface area contributed by atoms with Crippen LogP contribution in [0.5, 0.6) is 5.75 Å². The highest BCUT2D eigenvalue weighted by Gasteiger charge is 2.29. The van der Waals surface area contributed by atoms with Crippen LogP contribution in [-0.4, -0.2) is 54.8 Å². The molecule has 0 bridgehead atoms. The highest BCUT2D eigenvalue weighted by atomic mass is 31.1. The molecule has 7 heteroatoms. The van der Waals surface area contributed by atoms with Crippen LogP contribution in [0.3, 0.4) is 0 Å². The number of nitrogens with one attached hydrogen (secondary N) is 1. The van der Waals surface area contributed by atoms with Gasteiger partial charge in [-0.25, -0.2) is 4.39 Å². The van der Waals surface area contributed by atoms with Gasteiger partial charge >= 0.3 is 0 Å². The minimum absolute atomic E-state index is 0.000622. The summed E-state index contributed by atoms with van der Waals surface area (Å²) >= 11 is 0. The van der Waals surface area contributed by atoms with Crippen molar-refractivity contribution in [3.63, 3.8) is 0 Å². The van der Waals surface area contributed by atoms with Crippen LogP contribution in [0.4, 0.5) is 4.39 Å². The number of hydrogen-bond donors (Lipinski definition) is 1. The van der Waals surface area contributed by atoms with Crippen molar-refractivity contribution < 1.29 is 13.9 Å². The maximum atomic E-state index is 14.0. The highest BCUT2D eigenvalue weighted by molar-refractivity contribution is 7.51. The van der Waals surface area contributed by atoms with Gasteiger partial charge < -0.3 is 19.9 Å².